The number of carbonyl (C=O) groups excluding carboxylic acids is 1. The van der Waals surface area contributed by atoms with Gasteiger partial charge in [-0.05, 0) is 46.6 Å². The van der Waals surface area contributed by atoms with Gasteiger partial charge in [-0.1, -0.05) is 23.7 Å². The van der Waals surface area contributed by atoms with Gasteiger partial charge in [0.25, 0.3) is 0 Å². The molecular weight excluding hydrogens is 330 g/mol. The van der Waals surface area contributed by atoms with E-state index in [0.29, 0.717) is 16.5 Å². The summed E-state index contributed by atoms with van der Waals surface area (Å²) in [4.78, 5) is 15.9. The smallest absolute Gasteiger partial charge is 0.306 e. The Labute approximate surface area is 124 Å². The molecule has 0 radical (unpaired) electrons. The number of carbonyl (C=O) groups is 1. The summed E-state index contributed by atoms with van der Waals surface area (Å²) >= 11 is 9.30. The molecule has 6 heteroatoms. The lowest BCUT2D eigenvalue weighted by molar-refractivity contribution is 0.262. The van der Waals surface area contributed by atoms with Crippen molar-refractivity contribution in [2.75, 3.05) is 10.6 Å². The molecule has 0 fully saturated rings. The Morgan fingerprint density at radius 3 is 2.74 bits per heavy atom. The number of hydrogen-bond acceptors (Lipinski definition) is 2. The molecule has 0 aliphatic heterocycles. The van der Waals surface area contributed by atoms with Crippen LogP contribution < -0.4 is 10.6 Å². The minimum absolute atomic E-state index is 0.387. The van der Waals surface area contributed by atoms with E-state index in [4.69, 9.17) is 11.6 Å². The maximum absolute atomic E-state index is 11.8. The van der Waals surface area contributed by atoms with Crippen LogP contribution in [0.25, 0.3) is 0 Å². The predicted octanol–water partition coefficient (Wildman–Crippen LogP) is 4.45. The van der Waals surface area contributed by atoms with E-state index < -0.39 is 0 Å². The Morgan fingerprint density at radius 1 is 1.32 bits per heavy atom. The fourth-order valence-corrected chi connectivity index (χ4v) is 1.84. The maximum atomic E-state index is 11.8. The number of halogens is 2. The number of para-hydroxylation sites is 1. The number of pyridine rings is 1. The number of nitrogens with one attached hydrogen (secondary N) is 2. The third-order valence-electron chi connectivity index (χ3n) is 2.41. The van der Waals surface area contributed by atoms with Crippen molar-refractivity contribution in [2.45, 2.75) is 6.92 Å². The van der Waals surface area contributed by atoms with Crippen molar-refractivity contribution in [3.63, 3.8) is 0 Å². The summed E-state index contributed by atoms with van der Waals surface area (Å²) in [6, 6.07) is 8.41. The molecule has 0 aliphatic rings. The van der Waals surface area contributed by atoms with Crippen molar-refractivity contribution in [3.05, 3.63) is 51.6 Å². The Morgan fingerprint density at radius 2 is 2.05 bits per heavy atom. The number of aromatic nitrogens is 1. The van der Waals surface area contributed by atoms with Crippen LogP contribution in [0.5, 0.6) is 0 Å². The van der Waals surface area contributed by atoms with Crippen LogP contribution in [0, 0.1) is 6.92 Å². The van der Waals surface area contributed by atoms with Crippen LogP contribution in [0.4, 0.5) is 16.3 Å². The predicted molar refractivity (Wildman–Crippen MR) is 80.8 cm³/mol. The first kappa shape index (κ1) is 13.8. The van der Waals surface area contributed by atoms with Crippen LogP contribution in [0.15, 0.2) is 41.0 Å². The highest BCUT2D eigenvalue weighted by Gasteiger charge is 2.06. The van der Waals surface area contributed by atoms with Crippen molar-refractivity contribution in [3.8, 4) is 0 Å². The molecule has 0 bridgehead atoms. The Kier molecular flexibility index (Phi) is 4.39. The minimum atomic E-state index is -0.387. The number of nitrogens with zero attached hydrogens (tertiary/aromatic N) is 1. The largest absolute Gasteiger partial charge is 0.324 e. The van der Waals surface area contributed by atoms with Gasteiger partial charge in [0.15, 0.2) is 0 Å². The van der Waals surface area contributed by atoms with Gasteiger partial charge in [-0.3, -0.25) is 5.32 Å². The summed E-state index contributed by atoms with van der Waals surface area (Å²) in [6.45, 7) is 1.92. The number of amides is 2. The highest BCUT2D eigenvalue weighted by molar-refractivity contribution is 9.10. The minimum Gasteiger partial charge on any atom is -0.306 e. The molecule has 0 saturated carbocycles. The molecule has 0 spiro atoms. The molecule has 2 aromatic rings. The maximum Gasteiger partial charge on any atom is 0.324 e. The third-order valence-corrected chi connectivity index (χ3v) is 3.57. The fourth-order valence-electron chi connectivity index (χ4n) is 1.44. The van der Waals surface area contributed by atoms with Gasteiger partial charge in [0.05, 0.1) is 10.7 Å². The van der Waals surface area contributed by atoms with Crippen molar-refractivity contribution in [1.29, 1.82) is 0 Å². The van der Waals surface area contributed by atoms with E-state index in [1.165, 1.54) is 0 Å². The number of aryl methyl sites for hydroxylation is 1. The lowest BCUT2D eigenvalue weighted by Crippen LogP contribution is -2.20. The first-order valence-corrected chi connectivity index (χ1v) is 6.68. The van der Waals surface area contributed by atoms with Crippen LogP contribution in [0.3, 0.4) is 0 Å². The molecule has 2 amide bonds. The number of urea groups is 1. The normalized spacial score (nSPS) is 10.1. The molecule has 0 saturated heterocycles. The highest BCUT2D eigenvalue weighted by Crippen LogP contribution is 2.21. The molecule has 19 heavy (non-hydrogen) atoms. The van der Waals surface area contributed by atoms with E-state index in [9.17, 15) is 4.79 Å². The van der Waals surface area contributed by atoms with Gasteiger partial charge in [-0.2, -0.15) is 0 Å². The van der Waals surface area contributed by atoms with Gasteiger partial charge < -0.3 is 5.32 Å². The van der Waals surface area contributed by atoms with Gasteiger partial charge in [-0.15, -0.1) is 0 Å². The zero-order valence-corrected chi connectivity index (χ0v) is 12.4. The number of rotatable bonds is 2. The fraction of sp³-hybridized carbons (Fsp3) is 0.0769. The topological polar surface area (TPSA) is 54.0 Å². The second-order valence-electron chi connectivity index (χ2n) is 3.88. The second kappa shape index (κ2) is 6.04. The summed E-state index contributed by atoms with van der Waals surface area (Å²) < 4.78 is 0.893. The van der Waals surface area contributed by atoms with Crippen molar-refractivity contribution >= 4 is 45.1 Å². The van der Waals surface area contributed by atoms with Gasteiger partial charge in [0.1, 0.15) is 5.82 Å². The molecule has 0 aliphatic carbocycles. The number of benzene rings is 1. The Bertz CT molecular complexity index is 619. The van der Waals surface area contributed by atoms with Crippen LogP contribution in [-0.2, 0) is 0 Å². The second-order valence-corrected chi connectivity index (χ2v) is 5.14. The van der Waals surface area contributed by atoms with E-state index in [-0.39, 0.29) is 6.03 Å². The van der Waals surface area contributed by atoms with E-state index in [0.717, 1.165) is 10.0 Å². The average Bonchev–Trinajstić information content (AvgIpc) is 2.37. The Balaban J connectivity index is 2.05. The lowest BCUT2D eigenvalue weighted by Gasteiger charge is -2.09. The quantitative estimate of drug-likeness (QED) is 0.848. The number of anilines is 2. The molecule has 4 nitrogen and oxygen atoms in total. The van der Waals surface area contributed by atoms with Crippen LogP contribution in [0.1, 0.15) is 5.56 Å². The van der Waals surface area contributed by atoms with Crippen molar-refractivity contribution < 1.29 is 4.79 Å². The summed E-state index contributed by atoms with van der Waals surface area (Å²) in [5.74, 6) is 0.477. The van der Waals surface area contributed by atoms with Gasteiger partial charge >= 0.3 is 6.03 Å². The van der Waals surface area contributed by atoms with E-state index >= 15 is 0 Å². The first-order valence-electron chi connectivity index (χ1n) is 5.51. The van der Waals surface area contributed by atoms with Crippen LogP contribution in [-0.4, -0.2) is 11.0 Å². The van der Waals surface area contributed by atoms with Gasteiger partial charge in [-0.25, -0.2) is 9.78 Å². The monoisotopic (exact) mass is 339 g/mol. The SMILES string of the molecule is Cc1cc(NC(=O)Nc2ccccc2Cl)ncc1Br. The van der Waals surface area contributed by atoms with Crippen LogP contribution in [0.2, 0.25) is 5.02 Å². The molecule has 1 heterocycles. The zero-order valence-electron chi connectivity index (χ0n) is 10.1. The average molecular weight is 341 g/mol. The molecule has 98 valence electrons. The van der Waals surface area contributed by atoms with E-state index in [1.807, 2.05) is 6.92 Å². The molecule has 2 N–H and O–H groups in total. The number of hydrogen-bond donors (Lipinski definition) is 2. The van der Waals surface area contributed by atoms with Gasteiger partial charge in [0.2, 0.25) is 0 Å². The molecule has 0 atom stereocenters. The standard InChI is InChI=1S/C13H11BrClN3O/c1-8-6-12(16-7-9(8)14)18-13(19)17-11-5-3-2-4-10(11)15/h2-7H,1H3,(H2,16,17,18,19). The van der Waals surface area contributed by atoms with Crippen molar-refractivity contribution in [1.82, 2.24) is 4.98 Å². The summed E-state index contributed by atoms with van der Waals surface area (Å²) in [6.07, 6.45) is 1.64. The Hall–Kier alpha value is -1.59. The molecule has 2 rings (SSSR count). The molecule has 1 aromatic carbocycles. The molecule has 1 aromatic heterocycles. The first-order chi connectivity index (χ1) is 9.06. The van der Waals surface area contributed by atoms with Crippen LogP contribution >= 0.6 is 27.5 Å². The zero-order chi connectivity index (χ0) is 13.8. The lowest BCUT2D eigenvalue weighted by atomic mass is 10.3. The highest BCUT2D eigenvalue weighted by atomic mass is 79.9. The van der Waals surface area contributed by atoms with Crippen molar-refractivity contribution in [2.24, 2.45) is 0 Å². The van der Waals surface area contributed by atoms with E-state index in [1.54, 1.807) is 36.5 Å². The summed E-state index contributed by atoms with van der Waals surface area (Å²) in [7, 11) is 0. The summed E-state index contributed by atoms with van der Waals surface area (Å²) in [5, 5.41) is 5.79. The third kappa shape index (κ3) is 3.68. The van der Waals surface area contributed by atoms with Gasteiger partial charge in [0, 0.05) is 10.7 Å². The molecule has 0 unspecified atom stereocenters. The van der Waals surface area contributed by atoms with E-state index in [2.05, 4.69) is 31.5 Å². The summed E-state index contributed by atoms with van der Waals surface area (Å²) in [5.41, 5.74) is 1.54. The molecular formula is C13H11BrClN3O.